The van der Waals surface area contributed by atoms with E-state index in [0.717, 1.165) is 5.75 Å². The van der Waals surface area contributed by atoms with Crippen LogP contribution < -0.4 is 10.5 Å². The van der Waals surface area contributed by atoms with Gasteiger partial charge in [0.15, 0.2) is 0 Å². The average molecular weight is 281 g/mol. The minimum absolute atomic E-state index is 0.0211. The molecular weight excluding hydrogens is 258 g/mol. The SMILES string of the molecule is Cc1cc(C)c(C)c(C(N)C2COc3ccccc32)c1C. The molecule has 0 saturated carbocycles. The van der Waals surface area contributed by atoms with E-state index >= 15 is 0 Å². The van der Waals surface area contributed by atoms with Gasteiger partial charge in [0, 0.05) is 17.5 Å². The third-order valence-corrected chi connectivity index (χ3v) is 4.93. The highest BCUT2D eigenvalue weighted by Gasteiger charge is 2.31. The smallest absolute Gasteiger partial charge is 0.122 e. The van der Waals surface area contributed by atoms with Gasteiger partial charge in [-0.1, -0.05) is 24.3 Å². The molecule has 2 N–H and O–H groups in total. The third-order valence-electron chi connectivity index (χ3n) is 4.93. The summed E-state index contributed by atoms with van der Waals surface area (Å²) in [6, 6.07) is 10.5. The van der Waals surface area contributed by atoms with Gasteiger partial charge in [0.25, 0.3) is 0 Å². The van der Waals surface area contributed by atoms with E-state index in [2.05, 4.69) is 45.9 Å². The van der Waals surface area contributed by atoms with E-state index in [-0.39, 0.29) is 12.0 Å². The molecule has 0 bridgehead atoms. The van der Waals surface area contributed by atoms with Crippen LogP contribution in [0.4, 0.5) is 0 Å². The fourth-order valence-corrected chi connectivity index (χ4v) is 3.43. The van der Waals surface area contributed by atoms with Crippen molar-refractivity contribution in [3.05, 3.63) is 63.7 Å². The Kier molecular flexibility index (Phi) is 3.50. The van der Waals surface area contributed by atoms with Crippen molar-refractivity contribution in [1.82, 2.24) is 0 Å². The van der Waals surface area contributed by atoms with Crippen LogP contribution in [0.15, 0.2) is 30.3 Å². The van der Waals surface area contributed by atoms with Crippen molar-refractivity contribution in [2.45, 2.75) is 39.7 Å². The number of fused-ring (bicyclic) bond motifs is 1. The van der Waals surface area contributed by atoms with E-state index in [4.69, 9.17) is 10.5 Å². The molecule has 110 valence electrons. The van der Waals surface area contributed by atoms with Gasteiger partial charge in [-0.2, -0.15) is 0 Å². The number of hydrogen-bond acceptors (Lipinski definition) is 2. The summed E-state index contributed by atoms with van der Waals surface area (Å²) in [5.41, 5.74) is 14.5. The minimum Gasteiger partial charge on any atom is -0.493 e. The number of rotatable bonds is 2. The lowest BCUT2D eigenvalue weighted by Crippen LogP contribution is -2.23. The topological polar surface area (TPSA) is 35.2 Å². The van der Waals surface area contributed by atoms with Gasteiger partial charge in [-0.15, -0.1) is 0 Å². The summed E-state index contributed by atoms with van der Waals surface area (Å²) in [7, 11) is 0. The van der Waals surface area contributed by atoms with Gasteiger partial charge in [0.2, 0.25) is 0 Å². The normalized spacial score (nSPS) is 18.2. The summed E-state index contributed by atoms with van der Waals surface area (Å²) in [5, 5.41) is 0. The van der Waals surface area contributed by atoms with Crippen molar-refractivity contribution < 1.29 is 4.74 Å². The maximum atomic E-state index is 6.67. The maximum Gasteiger partial charge on any atom is 0.122 e. The summed E-state index contributed by atoms with van der Waals surface area (Å²) in [6.45, 7) is 9.36. The zero-order valence-electron chi connectivity index (χ0n) is 13.2. The first-order chi connectivity index (χ1) is 10.0. The van der Waals surface area contributed by atoms with Crippen LogP contribution in [-0.4, -0.2) is 6.61 Å². The fourth-order valence-electron chi connectivity index (χ4n) is 3.43. The monoisotopic (exact) mass is 281 g/mol. The van der Waals surface area contributed by atoms with E-state index in [0.29, 0.717) is 6.61 Å². The Labute approximate surface area is 126 Å². The molecule has 2 unspecified atom stereocenters. The summed E-state index contributed by atoms with van der Waals surface area (Å²) < 4.78 is 5.81. The third kappa shape index (κ3) is 2.24. The van der Waals surface area contributed by atoms with Gasteiger partial charge < -0.3 is 10.5 Å². The molecule has 2 aromatic rings. The van der Waals surface area contributed by atoms with Crippen molar-refractivity contribution in [2.75, 3.05) is 6.61 Å². The van der Waals surface area contributed by atoms with Gasteiger partial charge in [-0.3, -0.25) is 0 Å². The molecule has 0 saturated heterocycles. The number of aryl methyl sites for hydroxylation is 2. The number of ether oxygens (including phenoxy) is 1. The molecule has 2 heteroatoms. The zero-order chi connectivity index (χ0) is 15.1. The molecular formula is C19H23NO. The molecule has 0 spiro atoms. The first-order valence-electron chi connectivity index (χ1n) is 7.55. The standard InChI is InChI=1S/C19H23NO/c1-11-9-12(2)14(4)18(13(11)3)19(20)16-10-21-17-8-6-5-7-15(16)17/h5-9,16,19H,10,20H2,1-4H3. The first kappa shape index (κ1) is 14.2. The second kappa shape index (κ2) is 5.19. The van der Waals surface area contributed by atoms with E-state index in [1.807, 2.05) is 12.1 Å². The van der Waals surface area contributed by atoms with Gasteiger partial charge >= 0.3 is 0 Å². The predicted octanol–water partition coefficient (Wildman–Crippen LogP) is 4.10. The summed E-state index contributed by atoms with van der Waals surface area (Å²) in [5.74, 6) is 1.22. The molecule has 3 rings (SSSR count). The highest BCUT2D eigenvalue weighted by atomic mass is 16.5. The molecule has 2 atom stereocenters. The van der Waals surface area contributed by atoms with Crippen LogP contribution in [0.5, 0.6) is 5.75 Å². The predicted molar refractivity (Wildman–Crippen MR) is 87.0 cm³/mol. The second-order valence-corrected chi connectivity index (χ2v) is 6.16. The van der Waals surface area contributed by atoms with Crippen LogP contribution >= 0.6 is 0 Å². The van der Waals surface area contributed by atoms with Gasteiger partial charge in [-0.25, -0.2) is 0 Å². The Balaban J connectivity index is 2.07. The van der Waals surface area contributed by atoms with Gasteiger partial charge in [-0.05, 0) is 61.6 Å². The highest BCUT2D eigenvalue weighted by molar-refractivity contribution is 5.49. The first-order valence-corrected chi connectivity index (χ1v) is 7.55. The Morgan fingerprint density at radius 3 is 2.33 bits per heavy atom. The Morgan fingerprint density at radius 2 is 1.67 bits per heavy atom. The van der Waals surface area contributed by atoms with Crippen LogP contribution in [-0.2, 0) is 0 Å². The molecule has 0 aliphatic carbocycles. The highest BCUT2D eigenvalue weighted by Crippen LogP contribution is 2.42. The Hall–Kier alpha value is -1.80. The second-order valence-electron chi connectivity index (χ2n) is 6.16. The van der Waals surface area contributed by atoms with E-state index in [1.165, 1.54) is 33.4 Å². The van der Waals surface area contributed by atoms with Gasteiger partial charge in [0.1, 0.15) is 5.75 Å². The zero-order valence-corrected chi connectivity index (χ0v) is 13.2. The van der Waals surface area contributed by atoms with E-state index < -0.39 is 0 Å². The summed E-state index contributed by atoms with van der Waals surface area (Å²) in [6.07, 6.45) is 0. The number of nitrogens with two attached hydrogens (primary N) is 1. The lowest BCUT2D eigenvalue weighted by atomic mass is 9.82. The van der Waals surface area contributed by atoms with Crippen molar-refractivity contribution in [2.24, 2.45) is 5.73 Å². The van der Waals surface area contributed by atoms with Crippen molar-refractivity contribution in [3.63, 3.8) is 0 Å². The average Bonchev–Trinajstić information content (AvgIpc) is 2.89. The molecule has 0 amide bonds. The molecule has 0 aromatic heterocycles. The van der Waals surface area contributed by atoms with Crippen LogP contribution in [0.3, 0.4) is 0 Å². The number of para-hydroxylation sites is 1. The summed E-state index contributed by atoms with van der Waals surface area (Å²) >= 11 is 0. The quantitative estimate of drug-likeness (QED) is 0.899. The lowest BCUT2D eigenvalue weighted by Gasteiger charge is -2.25. The lowest BCUT2D eigenvalue weighted by molar-refractivity contribution is 0.315. The molecule has 1 aliphatic heterocycles. The fraction of sp³-hybridized carbons (Fsp3) is 0.368. The molecule has 2 nitrogen and oxygen atoms in total. The van der Waals surface area contributed by atoms with Crippen LogP contribution in [0.1, 0.15) is 45.3 Å². The Morgan fingerprint density at radius 1 is 1.05 bits per heavy atom. The van der Waals surface area contributed by atoms with Crippen LogP contribution in [0.25, 0.3) is 0 Å². The van der Waals surface area contributed by atoms with Crippen LogP contribution in [0, 0.1) is 27.7 Å². The Bertz CT molecular complexity index is 664. The molecule has 21 heavy (non-hydrogen) atoms. The van der Waals surface area contributed by atoms with Crippen molar-refractivity contribution in [1.29, 1.82) is 0 Å². The maximum absolute atomic E-state index is 6.67. The summed E-state index contributed by atoms with van der Waals surface area (Å²) in [4.78, 5) is 0. The van der Waals surface area contributed by atoms with Crippen molar-refractivity contribution >= 4 is 0 Å². The molecule has 1 aliphatic rings. The van der Waals surface area contributed by atoms with Crippen molar-refractivity contribution in [3.8, 4) is 5.75 Å². The molecule has 0 radical (unpaired) electrons. The van der Waals surface area contributed by atoms with Gasteiger partial charge in [0.05, 0.1) is 6.61 Å². The number of benzene rings is 2. The molecule has 2 aromatic carbocycles. The van der Waals surface area contributed by atoms with E-state index in [9.17, 15) is 0 Å². The van der Waals surface area contributed by atoms with E-state index in [1.54, 1.807) is 0 Å². The number of hydrogen-bond donors (Lipinski definition) is 1. The molecule has 0 fully saturated rings. The minimum atomic E-state index is -0.0211. The van der Waals surface area contributed by atoms with Crippen LogP contribution in [0.2, 0.25) is 0 Å². The molecule has 1 heterocycles. The largest absolute Gasteiger partial charge is 0.493 e.